The van der Waals surface area contributed by atoms with Crippen molar-refractivity contribution in [2.45, 2.75) is 61.8 Å². The maximum absolute atomic E-state index is 13.9. The Kier molecular flexibility index (Phi) is 8.20. The van der Waals surface area contributed by atoms with Crippen molar-refractivity contribution in [1.29, 1.82) is 5.26 Å². The number of benzene rings is 3. The summed E-state index contributed by atoms with van der Waals surface area (Å²) in [6.45, 7) is 3.09. The molecule has 3 atom stereocenters. The molecule has 2 amide bonds. The van der Waals surface area contributed by atoms with Crippen LogP contribution in [0.5, 0.6) is 0 Å². The molecule has 3 aliphatic rings. The number of hydrogen-bond donors (Lipinski definition) is 1. The second-order valence-corrected chi connectivity index (χ2v) is 14.5. The number of nitrogens with one attached hydrogen (secondary N) is 1. The minimum Gasteiger partial charge on any atom is -0.321 e. The quantitative estimate of drug-likeness (QED) is 0.323. The lowest BCUT2D eigenvalue weighted by molar-refractivity contribution is 0.132. The van der Waals surface area contributed by atoms with E-state index in [9.17, 15) is 27.3 Å². The Morgan fingerprint density at radius 2 is 1.80 bits per heavy atom. The minimum absolute atomic E-state index is 0.0290. The van der Waals surface area contributed by atoms with Gasteiger partial charge in [0.05, 0.1) is 16.5 Å². The molecule has 230 valence electrons. The lowest BCUT2D eigenvalue weighted by atomic mass is 9.79. The number of aryl methyl sites for hydroxylation is 1. The van der Waals surface area contributed by atoms with E-state index in [2.05, 4.69) is 17.5 Å². The van der Waals surface area contributed by atoms with Crippen molar-refractivity contribution in [3.63, 3.8) is 0 Å². The van der Waals surface area contributed by atoms with Crippen LogP contribution in [0.1, 0.15) is 55.2 Å². The molecule has 3 aromatic carbocycles. The van der Waals surface area contributed by atoms with Crippen LogP contribution in [0, 0.1) is 41.7 Å². The van der Waals surface area contributed by atoms with E-state index in [0.717, 1.165) is 43.4 Å². The third kappa shape index (κ3) is 5.95. The number of rotatable bonds is 7. The summed E-state index contributed by atoms with van der Waals surface area (Å²) in [5.74, 6) is -1.54. The van der Waals surface area contributed by atoms with E-state index in [1.807, 2.05) is 30.0 Å². The van der Waals surface area contributed by atoms with Gasteiger partial charge >= 0.3 is 6.03 Å². The van der Waals surface area contributed by atoms with Crippen molar-refractivity contribution in [2.24, 2.45) is 11.8 Å². The average Bonchev–Trinajstić information content (AvgIpc) is 3.77. The van der Waals surface area contributed by atoms with Gasteiger partial charge < -0.3 is 10.2 Å². The maximum Gasteiger partial charge on any atom is 0.322 e. The second-order valence-electron chi connectivity index (χ2n) is 12.5. The van der Waals surface area contributed by atoms with Gasteiger partial charge in [0.1, 0.15) is 0 Å². The highest BCUT2D eigenvalue weighted by atomic mass is 32.2. The van der Waals surface area contributed by atoms with Gasteiger partial charge in [-0.25, -0.2) is 22.0 Å². The summed E-state index contributed by atoms with van der Waals surface area (Å²) in [4.78, 5) is 15.8. The Labute approximate surface area is 257 Å². The Hall–Kier alpha value is -3.81. The smallest absolute Gasteiger partial charge is 0.321 e. The number of urea groups is 1. The van der Waals surface area contributed by atoms with Crippen LogP contribution in [0.3, 0.4) is 0 Å². The van der Waals surface area contributed by atoms with Crippen LogP contribution in [-0.4, -0.2) is 49.3 Å². The Morgan fingerprint density at radius 3 is 2.48 bits per heavy atom. The molecule has 1 N–H and O–H groups in total. The summed E-state index contributed by atoms with van der Waals surface area (Å²) in [6.07, 6.45) is 4.70. The molecule has 0 aromatic heterocycles. The number of carbonyl (C=O) groups is 1. The number of nitriles is 1. The van der Waals surface area contributed by atoms with Crippen molar-refractivity contribution in [2.75, 3.05) is 25.0 Å². The lowest BCUT2D eigenvalue weighted by Crippen LogP contribution is -2.49. The van der Waals surface area contributed by atoms with Crippen molar-refractivity contribution >= 4 is 21.7 Å². The summed E-state index contributed by atoms with van der Waals surface area (Å²) < 4.78 is 55.5. The monoisotopic (exact) mass is 618 g/mol. The molecular weight excluding hydrogens is 582 g/mol. The van der Waals surface area contributed by atoms with E-state index in [1.54, 1.807) is 24.3 Å². The molecule has 0 bridgehead atoms. The zero-order valence-corrected chi connectivity index (χ0v) is 25.5. The molecule has 0 spiro atoms. The number of nitrogens with zero attached hydrogens (tertiary/aromatic N) is 3. The Bertz CT molecular complexity index is 1700. The third-order valence-electron chi connectivity index (χ3n) is 9.84. The van der Waals surface area contributed by atoms with Crippen LogP contribution in [-0.2, 0) is 15.4 Å². The number of sulfonamides is 1. The van der Waals surface area contributed by atoms with E-state index in [-0.39, 0.29) is 34.0 Å². The molecule has 2 unspecified atom stereocenters. The number of halogens is 2. The van der Waals surface area contributed by atoms with Gasteiger partial charge in [0.15, 0.2) is 11.6 Å². The summed E-state index contributed by atoms with van der Waals surface area (Å²) in [6, 6.07) is 19.8. The molecule has 3 aromatic rings. The molecule has 10 heteroatoms. The van der Waals surface area contributed by atoms with E-state index in [0.29, 0.717) is 44.0 Å². The number of piperidine rings is 1. The first-order chi connectivity index (χ1) is 21.1. The number of anilines is 1. The highest BCUT2D eigenvalue weighted by molar-refractivity contribution is 7.89. The second kappa shape index (κ2) is 11.9. The van der Waals surface area contributed by atoms with Crippen LogP contribution < -0.4 is 5.32 Å². The molecule has 2 saturated carbocycles. The van der Waals surface area contributed by atoms with Gasteiger partial charge in [-0.3, -0.25) is 0 Å². The van der Waals surface area contributed by atoms with Crippen LogP contribution in [0.4, 0.5) is 19.3 Å². The van der Waals surface area contributed by atoms with E-state index in [4.69, 9.17) is 0 Å². The Morgan fingerprint density at radius 1 is 1.05 bits per heavy atom. The first-order valence-electron chi connectivity index (χ1n) is 15.2. The van der Waals surface area contributed by atoms with Gasteiger partial charge in [0, 0.05) is 37.4 Å². The Balaban J connectivity index is 1.16. The van der Waals surface area contributed by atoms with Crippen LogP contribution in [0.25, 0.3) is 0 Å². The minimum atomic E-state index is -3.60. The number of hydrogen-bond acceptors (Lipinski definition) is 4. The van der Waals surface area contributed by atoms with Gasteiger partial charge in [-0.2, -0.15) is 9.57 Å². The molecule has 1 saturated heterocycles. The summed E-state index contributed by atoms with van der Waals surface area (Å²) in [7, 11) is -3.60. The molecular formula is C34H36F2N4O3S. The topological polar surface area (TPSA) is 93.5 Å². The molecule has 3 fully saturated rings. The maximum atomic E-state index is 13.9. The number of fused-ring (bicyclic) bond motifs is 1. The normalized spacial score (nSPS) is 23.8. The first kappa shape index (κ1) is 30.2. The SMILES string of the molecule is Cc1ccc(S(=O)(=O)N2CCC(CN(C(=O)Nc3ccc(F)c(F)c3)[C@@H]3CCC4(c5cccc(C#N)c5)CC4C3)CC2)cc1. The van der Waals surface area contributed by atoms with Crippen LogP contribution >= 0.6 is 0 Å². The highest BCUT2D eigenvalue weighted by Gasteiger charge is 2.58. The van der Waals surface area contributed by atoms with Crippen molar-refractivity contribution in [1.82, 2.24) is 9.21 Å². The van der Waals surface area contributed by atoms with Gasteiger partial charge in [-0.15, -0.1) is 0 Å². The summed E-state index contributed by atoms with van der Waals surface area (Å²) in [5, 5.41) is 12.2. The van der Waals surface area contributed by atoms with Crippen molar-refractivity contribution < 1.29 is 22.0 Å². The average molecular weight is 619 g/mol. The molecule has 7 nitrogen and oxygen atoms in total. The molecule has 44 heavy (non-hydrogen) atoms. The molecule has 6 rings (SSSR count). The van der Waals surface area contributed by atoms with E-state index >= 15 is 0 Å². The summed E-state index contributed by atoms with van der Waals surface area (Å²) in [5.41, 5.74) is 3.03. The molecule has 0 radical (unpaired) electrons. The predicted octanol–water partition coefficient (Wildman–Crippen LogP) is 6.59. The summed E-state index contributed by atoms with van der Waals surface area (Å²) >= 11 is 0. The molecule has 1 heterocycles. The lowest BCUT2D eigenvalue weighted by Gasteiger charge is -2.40. The fourth-order valence-electron chi connectivity index (χ4n) is 7.18. The standard InChI is InChI=1S/C34H36F2N4O3S/c1-23-5-8-30(9-6-23)44(42,43)39-15-12-24(13-16-39)22-40(33(41)38-28-7-10-31(35)32(36)19-28)29-11-14-34(20-27(34)18-29)26-4-2-3-25(17-26)21-37/h2-10,17,19,24,27,29H,11-16,18,20,22H2,1H3,(H,38,41)/t27?,29-,34?/m1/s1. The first-order valence-corrected chi connectivity index (χ1v) is 16.6. The highest BCUT2D eigenvalue weighted by Crippen LogP contribution is 2.63. The third-order valence-corrected chi connectivity index (χ3v) is 11.8. The fourth-order valence-corrected chi connectivity index (χ4v) is 8.65. The van der Waals surface area contributed by atoms with Gasteiger partial charge in [-0.1, -0.05) is 29.8 Å². The fraction of sp³-hybridized carbons (Fsp3) is 0.412. The molecule has 1 aliphatic heterocycles. The largest absolute Gasteiger partial charge is 0.322 e. The molecule has 2 aliphatic carbocycles. The van der Waals surface area contributed by atoms with Gasteiger partial charge in [0.2, 0.25) is 10.0 Å². The zero-order valence-electron chi connectivity index (χ0n) is 24.7. The van der Waals surface area contributed by atoms with Crippen molar-refractivity contribution in [3.8, 4) is 6.07 Å². The number of amides is 2. The van der Waals surface area contributed by atoms with Crippen molar-refractivity contribution in [3.05, 3.63) is 95.1 Å². The van der Waals surface area contributed by atoms with Gasteiger partial charge in [0.25, 0.3) is 0 Å². The number of carbonyl (C=O) groups excluding carboxylic acids is 1. The predicted molar refractivity (Wildman–Crippen MR) is 163 cm³/mol. The van der Waals surface area contributed by atoms with Gasteiger partial charge in [-0.05, 0) is 105 Å². The zero-order chi connectivity index (χ0) is 31.1. The van der Waals surface area contributed by atoms with Crippen LogP contribution in [0.2, 0.25) is 0 Å². The van der Waals surface area contributed by atoms with E-state index in [1.165, 1.54) is 15.9 Å². The van der Waals surface area contributed by atoms with E-state index < -0.39 is 21.7 Å². The van der Waals surface area contributed by atoms with Crippen LogP contribution in [0.15, 0.2) is 71.6 Å².